The summed E-state index contributed by atoms with van der Waals surface area (Å²) in [5, 5.41) is 0. The van der Waals surface area contributed by atoms with Crippen LogP contribution in [0.4, 0.5) is 0 Å². The molecule has 0 unspecified atom stereocenters. The highest BCUT2D eigenvalue weighted by Crippen LogP contribution is 2.11. The number of furan rings is 1. The van der Waals surface area contributed by atoms with Gasteiger partial charge in [0, 0.05) is 12.1 Å². The van der Waals surface area contributed by atoms with Gasteiger partial charge in [-0.3, -0.25) is 9.59 Å². The third-order valence-electron chi connectivity index (χ3n) is 2.35. The van der Waals surface area contributed by atoms with Gasteiger partial charge in [-0.2, -0.15) is 0 Å². The molecule has 0 aliphatic rings. The smallest absolute Gasteiger partial charge is 0.325 e. The Bertz CT molecular complexity index is 397. The minimum absolute atomic E-state index is 0.0523. The van der Waals surface area contributed by atoms with Gasteiger partial charge in [0.15, 0.2) is 5.76 Å². The SMILES string of the molecule is CCOC(=O)CN(CC)C(=O)c1occc1C. The molecule has 0 atom stereocenters. The number of ether oxygens (including phenoxy) is 1. The van der Waals surface area contributed by atoms with E-state index in [0.717, 1.165) is 5.56 Å². The lowest BCUT2D eigenvalue weighted by molar-refractivity contribution is -0.143. The van der Waals surface area contributed by atoms with Crippen molar-refractivity contribution in [2.24, 2.45) is 0 Å². The van der Waals surface area contributed by atoms with Gasteiger partial charge in [0.05, 0.1) is 12.9 Å². The summed E-state index contributed by atoms with van der Waals surface area (Å²) in [6, 6.07) is 1.71. The number of aryl methyl sites for hydroxylation is 1. The van der Waals surface area contributed by atoms with Gasteiger partial charge >= 0.3 is 5.97 Å². The predicted molar refractivity (Wildman–Crippen MR) is 61.7 cm³/mol. The van der Waals surface area contributed by atoms with E-state index < -0.39 is 5.97 Å². The van der Waals surface area contributed by atoms with Crippen molar-refractivity contribution in [2.45, 2.75) is 20.8 Å². The fraction of sp³-hybridized carbons (Fsp3) is 0.500. The topological polar surface area (TPSA) is 59.8 Å². The summed E-state index contributed by atoms with van der Waals surface area (Å²) in [5.41, 5.74) is 0.761. The molecule has 0 N–H and O–H groups in total. The molecule has 0 saturated heterocycles. The fourth-order valence-electron chi connectivity index (χ4n) is 1.43. The van der Waals surface area contributed by atoms with E-state index in [1.807, 2.05) is 0 Å². The Morgan fingerprint density at radius 2 is 2.12 bits per heavy atom. The number of esters is 1. The van der Waals surface area contributed by atoms with Gasteiger partial charge in [0.25, 0.3) is 5.91 Å². The molecule has 1 aromatic rings. The zero-order valence-electron chi connectivity index (χ0n) is 10.4. The largest absolute Gasteiger partial charge is 0.465 e. The molecule has 0 aliphatic heterocycles. The van der Waals surface area contributed by atoms with Crippen molar-refractivity contribution in [2.75, 3.05) is 19.7 Å². The lowest BCUT2D eigenvalue weighted by Crippen LogP contribution is -2.36. The molecular weight excluding hydrogens is 222 g/mol. The molecule has 0 fully saturated rings. The molecule has 1 aromatic heterocycles. The lowest BCUT2D eigenvalue weighted by Gasteiger charge is -2.18. The van der Waals surface area contributed by atoms with Crippen LogP contribution in [-0.4, -0.2) is 36.5 Å². The first kappa shape index (κ1) is 13.3. The number of hydrogen-bond donors (Lipinski definition) is 0. The molecular formula is C12H17NO4. The van der Waals surface area contributed by atoms with Crippen LogP contribution in [-0.2, 0) is 9.53 Å². The molecule has 5 nitrogen and oxygen atoms in total. The average Bonchev–Trinajstić information content (AvgIpc) is 2.72. The van der Waals surface area contributed by atoms with E-state index in [2.05, 4.69) is 0 Å². The normalized spacial score (nSPS) is 10.1. The van der Waals surface area contributed by atoms with Crippen LogP contribution in [0.2, 0.25) is 0 Å². The van der Waals surface area contributed by atoms with Crippen molar-refractivity contribution in [1.29, 1.82) is 0 Å². The summed E-state index contributed by atoms with van der Waals surface area (Å²) < 4.78 is 9.92. The molecule has 17 heavy (non-hydrogen) atoms. The molecule has 1 heterocycles. The number of hydrogen-bond acceptors (Lipinski definition) is 4. The molecule has 1 amide bonds. The molecule has 0 aromatic carbocycles. The molecule has 0 radical (unpaired) electrons. The van der Waals surface area contributed by atoms with E-state index in [9.17, 15) is 9.59 Å². The molecule has 0 spiro atoms. The van der Waals surface area contributed by atoms with Crippen LogP contribution in [0.15, 0.2) is 16.7 Å². The maximum Gasteiger partial charge on any atom is 0.325 e. The second-order valence-corrected chi connectivity index (χ2v) is 3.56. The van der Waals surface area contributed by atoms with Gasteiger partial charge < -0.3 is 14.1 Å². The van der Waals surface area contributed by atoms with E-state index in [0.29, 0.717) is 13.2 Å². The molecule has 0 bridgehead atoms. The lowest BCUT2D eigenvalue weighted by atomic mass is 10.2. The average molecular weight is 239 g/mol. The second kappa shape index (κ2) is 6.08. The first-order valence-corrected chi connectivity index (χ1v) is 5.59. The van der Waals surface area contributed by atoms with Crippen LogP contribution in [0.25, 0.3) is 0 Å². The standard InChI is InChI=1S/C12H17NO4/c1-4-13(8-10(14)16-5-2)12(15)11-9(3)6-7-17-11/h6-7H,4-5,8H2,1-3H3. The van der Waals surface area contributed by atoms with Crippen molar-refractivity contribution in [3.63, 3.8) is 0 Å². The Morgan fingerprint density at radius 1 is 1.41 bits per heavy atom. The van der Waals surface area contributed by atoms with Crippen LogP contribution < -0.4 is 0 Å². The Kier molecular flexibility index (Phi) is 4.75. The summed E-state index contributed by atoms with van der Waals surface area (Å²) in [5.74, 6) is -0.425. The van der Waals surface area contributed by atoms with E-state index >= 15 is 0 Å². The summed E-state index contributed by atoms with van der Waals surface area (Å²) >= 11 is 0. The number of rotatable bonds is 5. The minimum atomic E-state index is -0.410. The Balaban J connectivity index is 2.71. The monoisotopic (exact) mass is 239 g/mol. The van der Waals surface area contributed by atoms with Crippen molar-refractivity contribution in [3.05, 3.63) is 23.7 Å². The molecule has 94 valence electrons. The van der Waals surface area contributed by atoms with Crippen LogP contribution in [0.3, 0.4) is 0 Å². The maximum atomic E-state index is 12.0. The van der Waals surface area contributed by atoms with Gasteiger partial charge in [0.1, 0.15) is 6.54 Å². The van der Waals surface area contributed by atoms with E-state index in [1.165, 1.54) is 11.2 Å². The van der Waals surface area contributed by atoms with Crippen LogP contribution in [0, 0.1) is 6.92 Å². The molecule has 0 aliphatic carbocycles. The van der Waals surface area contributed by atoms with Gasteiger partial charge in [-0.05, 0) is 26.8 Å². The highest BCUT2D eigenvalue weighted by atomic mass is 16.5. The van der Waals surface area contributed by atoms with Crippen molar-refractivity contribution >= 4 is 11.9 Å². The van der Waals surface area contributed by atoms with E-state index in [-0.39, 0.29) is 18.2 Å². The Labute approximate surface area is 100 Å². The number of nitrogens with zero attached hydrogens (tertiary/aromatic N) is 1. The highest BCUT2D eigenvalue weighted by Gasteiger charge is 2.21. The minimum Gasteiger partial charge on any atom is -0.465 e. The van der Waals surface area contributed by atoms with E-state index in [4.69, 9.17) is 9.15 Å². The first-order chi connectivity index (χ1) is 8.10. The van der Waals surface area contributed by atoms with Crippen LogP contribution in [0.1, 0.15) is 30.0 Å². The van der Waals surface area contributed by atoms with Crippen molar-refractivity contribution in [3.8, 4) is 0 Å². The number of carbonyl (C=O) groups is 2. The highest BCUT2D eigenvalue weighted by molar-refractivity contribution is 5.94. The zero-order chi connectivity index (χ0) is 12.8. The van der Waals surface area contributed by atoms with Gasteiger partial charge in [-0.1, -0.05) is 0 Å². The van der Waals surface area contributed by atoms with Gasteiger partial charge in [-0.25, -0.2) is 0 Å². The quantitative estimate of drug-likeness (QED) is 0.732. The van der Waals surface area contributed by atoms with Gasteiger partial charge in [-0.15, -0.1) is 0 Å². The third-order valence-corrected chi connectivity index (χ3v) is 2.35. The summed E-state index contributed by atoms with van der Waals surface area (Å²) in [6.45, 7) is 6.00. The van der Waals surface area contributed by atoms with Crippen LogP contribution in [0.5, 0.6) is 0 Å². The van der Waals surface area contributed by atoms with Gasteiger partial charge in [0.2, 0.25) is 0 Å². The second-order valence-electron chi connectivity index (χ2n) is 3.56. The Hall–Kier alpha value is -1.78. The number of likely N-dealkylation sites (N-methyl/N-ethyl adjacent to an activating group) is 1. The zero-order valence-corrected chi connectivity index (χ0v) is 10.4. The number of amides is 1. The summed E-state index contributed by atoms with van der Waals surface area (Å²) in [4.78, 5) is 24.7. The van der Waals surface area contributed by atoms with Crippen molar-refractivity contribution in [1.82, 2.24) is 4.90 Å². The molecule has 0 saturated carbocycles. The molecule has 1 rings (SSSR count). The maximum absolute atomic E-state index is 12.0. The number of carbonyl (C=O) groups excluding carboxylic acids is 2. The third kappa shape index (κ3) is 3.34. The molecule has 5 heteroatoms. The first-order valence-electron chi connectivity index (χ1n) is 5.59. The van der Waals surface area contributed by atoms with E-state index in [1.54, 1.807) is 26.8 Å². The Morgan fingerprint density at radius 3 is 2.59 bits per heavy atom. The predicted octanol–water partition coefficient (Wildman–Crippen LogP) is 1.61. The summed E-state index contributed by atoms with van der Waals surface area (Å²) in [7, 11) is 0. The van der Waals surface area contributed by atoms with Crippen molar-refractivity contribution < 1.29 is 18.7 Å². The fourth-order valence-corrected chi connectivity index (χ4v) is 1.43. The van der Waals surface area contributed by atoms with Crippen LogP contribution >= 0.6 is 0 Å². The summed E-state index contributed by atoms with van der Waals surface area (Å²) in [6.07, 6.45) is 1.46.